The highest BCUT2D eigenvalue weighted by Crippen LogP contribution is 2.68. The molecule has 5 heteroatoms. The highest BCUT2D eigenvalue weighted by Gasteiger charge is 2.77. The third-order valence-corrected chi connectivity index (χ3v) is 6.63. The Kier molecular flexibility index (Phi) is 2.57. The molecule has 2 aliphatic heterocycles. The number of hydrogen-bond acceptors (Lipinski definition) is 4. The van der Waals surface area contributed by atoms with Gasteiger partial charge in [0.2, 0.25) is 5.91 Å². The van der Waals surface area contributed by atoms with E-state index in [1.54, 1.807) is 7.11 Å². The van der Waals surface area contributed by atoms with Crippen LogP contribution in [0.3, 0.4) is 0 Å². The standard InChI is InChI=1S/C18H21NO4/c1-3-18-14-12-8-11(15(20)16(12)23-18)13(14)17(21)19(18)9-4-6-10(22-2)7-5-9/h4-7,11-16,20H,3,8H2,1-2H3. The number of carbonyl (C=O) groups is 1. The molecule has 5 nitrogen and oxygen atoms in total. The number of carbonyl (C=O) groups excluding carboxylic acids is 1. The van der Waals surface area contributed by atoms with Gasteiger partial charge in [-0.3, -0.25) is 9.69 Å². The number of rotatable bonds is 3. The third kappa shape index (κ3) is 1.40. The topological polar surface area (TPSA) is 59.0 Å². The Morgan fingerprint density at radius 3 is 2.74 bits per heavy atom. The van der Waals surface area contributed by atoms with Gasteiger partial charge in [-0.25, -0.2) is 0 Å². The number of aliphatic hydroxyl groups is 1. The molecule has 2 saturated carbocycles. The highest BCUT2D eigenvalue weighted by molar-refractivity contribution is 6.00. The molecule has 122 valence electrons. The van der Waals surface area contributed by atoms with Crippen LogP contribution >= 0.6 is 0 Å². The predicted molar refractivity (Wildman–Crippen MR) is 83.0 cm³/mol. The van der Waals surface area contributed by atoms with E-state index in [1.165, 1.54) is 0 Å². The number of nitrogens with zero attached hydrogens (tertiary/aromatic N) is 1. The Morgan fingerprint density at radius 2 is 2.09 bits per heavy atom. The first-order valence-corrected chi connectivity index (χ1v) is 8.46. The first-order valence-electron chi connectivity index (χ1n) is 8.46. The molecule has 2 bridgehead atoms. The van der Waals surface area contributed by atoms with Crippen LogP contribution in [0.15, 0.2) is 24.3 Å². The van der Waals surface area contributed by atoms with Crippen molar-refractivity contribution >= 4 is 11.6 Å². The fraction of sp³-hybridized carbons (Fsp3) is 0.611. The molecular weight excluding hydrogens is 294 g/mol. The van der Waals surface area contributed by atoms with Gasteiger partial charge in [-0.1, -0.05) is 6.92 Å². The van der Waals surface area contributed by atoms with Crippen LogP contribution in [0.4, 0.5) is 5.69 Å². The molecule has 4 aliphatic rings. The Morgan fingerprint density at radius 1 is 1.35 bits per heavy atom. The van der Waals surface area contributed by atoms with Crippen LogP contribution in [0, 0.1) is 23.7 Å². The van der Waals surface area contributed by atoms with E-state index in [-0.39, 0.29) is 29.8 Å². The summed E-state index contributed by atoms with van der Waals surface area (Å²) in [6.07, 6.45) is 1.11. The molecule has 1 amide bonds. The summed E-state index contributed by atoms with van der Waals surface area (Å²) in [4.78, 5) is 15.0. The van der Waals surface area contributed by atoms with E-state index in [9.17, 15) is 9.90 Å². The summed E-state index contributed by atoms with van der Waals surface area (Å²) < 4.78 is 11.6. The van der Waals surface area contributed by atoms with E-state index >= 15 is 0 Å². The zero-order valence-corrected chi connectivity index (χ0v) is 13.3. The van der Waals surface area contributed by atoms with E-state index < -0.39 is 11.8 Å². The molecule has 7 atom stereocenters. The maximum atomic E-state index is 13.2. The second-order valence-corrected chi connectivity index (χ2v) is 7.26. The first-order chi connectivity index (χ1) is 11.1. The number of methoxy groups -OCH3 is 1. The summed E-state index contributed by atoms with van der Waals surface area (Å²) >= 11 is 0. The maximum Gasteiger partial charge on any atom is 0.233 e. The van der Waals surface area contributed by atoms with Crippen molar-refractivity contribution in [3.8, 4) is 5.75 Å². The van der Waals surface area contributed by atoms with Crippen LogP contribution < -0.4 is 9.64 Å². The maximum absolute atomic E-state index is 13.2. The van der Waals surface area contributed by atoms with Gasteiger partial charge in [-0.15, -0.1) is 0 Å². The average Bonchev–Trinajstić information content (AvgIpc) is 3.23. The molecule has 1 aromatic carbocycles. The summed E-state index contributed by atoms with van der Waals surface area (Å²) in [5, 5.41) is 10.5. The SMILES string of the molecule is CCC12OC3C(O)C4CC3C1C4C(=O)N2c1ccc(OC)cc1. The van der Waals surface area contributed by atoms with E-state index in [2.05, 4.69) is 6.92 Å². The lowest BCUT2D eigenvalue weighted by molar-refractivity contribution is -0.133. The van der Waals surface area contributed by atoms with Crippen molar-refractivity contribution in [3.05, 3.63) is 24.3 Å². The van der Waals surface area contributed by atoms with E-state index in [1.807, 2.05) is 29.2 Å². The molecule has 23 heavy (non-hydrogen) atoms. The summed E-state index contributed by atoms with van der Waals surface area (Å²) in [5.74, 6) is 1.42. The number of aliphatic hydroxyl groups excluding tert-OH is 1. The smallest absolute Gasteiger partial charge is 0.233 e. The Balaban J connectivity index is 1.62. The van der Waals surface area contributed by atoms with Crippen LogP contribution in [-0.2, 0) is 9.53 Å². The number of hydrogen-bond donors (Lipinski definition) is 1. The zero-order valence-electron chi connectivity index (χ0n) is 13.3. The molecule has 5 rings (SSSR count). The molecule has 0 spiro atoms. The Hall–Kier alpha value is -1.59. The fourth-order valence-electron chi connectivity index (χ4n) is 5.84. The minimum absolute atomic E-state index is 0.0687. The predicted octanol–water partition coefficient (Wildman–Crippen LogP) is 1.79. The summed E-state index contributed by atoms with van der Waals surface area (Å²) in [5.41, 5.74) is 0.277. The molecule has 2 aliphatic carbocycles. The number of ether oxygens (including phenoxy) is 2. The first kappa shape index (κ1) is 13.8. The van der Waals surface area contributed by atoms with Crippen molar-refractivity contribution in [1.82, 2.24) is 0 Å². The Bertz CT molecular complexity index is 674. The van der Waals surface area contributed by atoms with Gasteiger partial charge < -0.3 is 14.6 Å². The molecule has 1 N–H and O–H groups in total. The minimum atomic E-state index is -0.585. The van der Waals surface area contributed by atoms with E-state index in [0.717, 1.165) is 24.3 Å². The Labute approximate surface area is 135 Å². The number of benzene rings is 1. The van der Waals surface area contributed by atoms with Gasteiger partial charge in [0.1, 0.15) is 5.75 Å². The van der Waals surface area contributed by atoms with Gasteiger partial charge in [0.25, 0.3) is 0 Å². The van der Waals surface area contributed by atoms with Gasteiger partial charge in [0, 0.05) is 11.6 Å². The molecule has 1 aromatic rings. The number of amides is 1. The van der Waals surface area contributed by atoms with Crippen LogP contribution in [0.5, 0.6) is 5.75 Å². The average molecular weight is 315 g/mol. The van der Waals surface area contributed by atoms with E-state index in [0.29, 0.717) is 5.92 Å². The molecule has 2 heterocycles. The van der Waals surface area contributed by atoms with Crippen LogP contribution in [0.25, 0.3) is 0 Å². The minimum Gasteiger partial charge on any atom is -0.497 e. The largest absolute Gasteiger partial charge is 0.497 e. The van der Waals surface area contributed by atoms with Gasteiger partial charge in [0.05, 0.1) is 25.2 Å². The molecular formula is C18H21NO4. The normalized spacial score (nSPS) is 46.0. The van der Waals surface area contributed by atoms with E-state index in [4.69, 9.17) is 9.47 Å². The number of fused-ring (bicyclic) bond motifs is 2. The van der Waals surface area contributed by atoms with Crippen molar-refractivity contribution in [2.45, 2.75) is 37.7 Å². The van der Waals surface area contributed by atoms with Gasteiger partial charge >= 0.3 is 0 Å². The van der Waals surface area contributed by atoms with Crippen molar-refractivity contribution < 1.29 is 19.4 Å². The van der Waals surface area contributed by atoms with Crippen molar-refractivity contribution in [1.29, 1.82) is 0 Å². The fourth-order valence-corrected chi connectivity index (χ4v) is 5.84. The molecule has 2 saturated heterocycles. The van der Waals surface area contributed by atoms with Crippen molar-refractivity contribution in [3.63, 3.8) is 0 Å². The molecule has 7 unspecified atom stereocenters. The molecule has 0 radical (unpaired) electrons. The lowest BCUT2D eigenvalue weighted by Gasteiger charge is -2.38. The second kappa shape index (κ2) is 4.28. The lowest BCUT2D eigenvalue weighted by atomic mass is 9.76. The number of anilines is 1. The summed E-state index contributed by atoms with van der Waals surface area (Å²) in [6, 6.07) is 7.60. The van der Waals surface area contributed by atoms with Gasteiger partial charge in [-0.05, 0) is 48.9 Å². The summed E-state index contributed by atoms with van der Waals surface area (Å²) in [6.45, 7) is 2.08. The van der Waals surface area contributed by atoms with Crippen molar-refractivity contribution in [2.24, 2.45) is 23.7 Å². The van der Waals surface area contributed by atoms with Crippen LogP contribution in [0.1, 0.15) is 19.8 Å². The molecule has 0 aromatic heterocycles. The highest BCUT2D eigenvalue weighted by atomic mass is 16.6. The third-order valence-electron chi connectivity index (χ3n) is 6.63. The molecule has 4 fully saturated rings. The quantitative estimate of drug-likeness (QED) is 0.924. The van der Waals surface area contributed by atoms with Gasteiger partial charge in [-0.2, -0.15) is 0 Å². The van der Waals surface area contributed by atoms with Crippen LogP contribution in [-0.4, -0.2) is 36.1 Å². The monoisotopic (exact) mass is 315 g/mol. The van der Waals surface area contributed by atoms with Crippen molar-refractivity contribution in [2.75, 3.05) is 12.0 Å². The summed E-state index contributed by atoms with van der Waals surface area (Å²) in [7, 11) is 1.63. The lowest BCUT2D eigenvalue weighted by Crippen LogP contribution is -2.50. The second-order valence-electron chi connectivity index (χ2n) is 7.26. The van der Waals surface area contributed by atoms with Gasteiger partial charge in [0.15, 0.2) is 5.72 Å². The zero-order chi connectivity index (χ0) is 15.9. The van der Waals surface area contributed by atoms with Crippen LogP contribution in [0.2, 0.25) is 0 Å².